The zero-order valence-electron chi connectivity index (χ0n) is 6.33. The van der Waals surface area contributed by atoms with E-state index in [1.54, 1.807) is 6.33 Å². The van der Waals surface area contributed by atoms with Crippen LogP contribution in [0.3, 0.4) is 0 Å². The molecule has 10 heavy (non-hydrogen) atoms. The zero-order valence-corrected chi connectivity index (χ0v) is 6.33. The summed E-state index contributed by atoms with van der Waals surface area (Å²) >= 11 is 0. The summed E-state index contributed by atoms with van der Waals surface area (Å²) in [5.41, 5.74) is 0. The van der Waals surface area contributed by atoms with Gasteiger partial charge in [-0.05, 0) is 13.8 Å². The van der Waals surface area contributed by atoms with Gasteiger partial charge < -0.3 is 9.88 Å². The van der Waals surface area contributed by atoms with Crippen molar-refractivity contribution in [2.24, 2.45) is 0 Å². The molecule has 1 rings (SSSR count). The van der Waals surface area contributed by atoms with Crippen LogP contribution in [0.1, 0.15) is 13.8 Å². The first-order valence-electron chi connectivity index (χ1n) is 3.50. The van der Waals surface area contributed by atoms with Gasteiger partial charge in [0.2, 0.25) is 5.95 Å². The summed E-state index contributed by atoms with van der Waals surface area (Å²) in [7, 11) is 0. The van der Waals surface area contributed by atoms with Crippen molar-refractivity contribution in [3.63, 3.8) is 0 Å². The van der Waals surface area contributed by atoms with Crippen LogP contribution >= 0.6 is 0 Å². The average molecular weight is 140 g/mol. The first-order chi connectivity index (χ1) is 4.88. The van der Waals surface area contributed by atoms with Crippen LogP contribution in [0.25, 0.3) is 0 Å². The number of hydrogen-bond acceptors (Lipinski definition) is 3. The summed E-state index contributed by atoms with van der Waals surface area (Å²) in [4.78, 5) is 0. The van der Waals surface area contributed by atoms with Gasteiger partial charge in [-0.1, -0.05) is 0 Å². The molecule has 0 bridgehead atoms. The number of aryl methyl sites for hydroxylation is 1. The fourth-order valence-corrected chi connectivity index (χ4v) is 0.781. The van der Waals surface area contributed by atoms with Gasteiger partial charge in [0, 0.05) is 13.1 Å². The molecule has 0 fully saturated rings. The molecule has 0 unspecified atom stereocenters. The van der Waals surface area contributed by atoms with E-state index in [0.717, 1.165) is 19.0 Å². The van der Waals surface area contributed by atoms with E-state index in [0.29, 0.717) is 0 Å². The molecule has 0 aliphatic rings. The topological polar surface area (TPSA) is 42.7 Å². The Labute approximate surface area is 60.3 Å². The third-order valence-corrected chi connectivity index (χ3v) is 1.29. The Balaban J connectivity index is 2.70. The molecule has 0 aromatic carbocycles. The maximum atomic E-state index is 3.88. The summed E-state index contributed by atoms with van der Waals surface area (Å²) in [6.07, 6.45) is 1.72. The van der Waals surface area contributed by atoms with Crippen molar-refractivity contribution in [3.05, 3.63) is 6.33 Å². The molecular formula is C6H12N4. The number of nitrogens with zero attached hydrogens (tertiary/aromatic N) is 3. The molecule has 4 nitrogen and oxygen atoms in total. The lowest BCUT2D eigenvalue weighted by Gasteiger charge is -2.01. The molecule has 0 radical (unpaired) electrons. The van der Waals surface area contributed by atoms with Gasteiger partial charge in [-0.25, -0.2) is 0 Å². The minimum absolute atomic E-state index is 0.852. The Bertz CT molecular complexity index is 193. The lowest BCUT2D eigenvalue weighted by molar-refractivity contribution is 0.762. The highest BCUT2D eigenvalue weighted by molar-refractivity contribution is 5.22. The van der Waals surface area contributed by atoms with E-state index in [-0.39, 0.29) is 0 Å². The van der Waals surface area contributed by atoms with E-state index in [9.17, 15) is 0 Å². The maximum Gasteiger partial charge on any atom is 0.224 e. The summed E-state index contributed by atoms with van der Waals surface area (Å²) in [6, 6.07) is 0. The standard InChI is InChI=1S/C6H12N4/c1-3-7-6-9-8-5-10(6)4-2/h5H,3-4H2,1-2H3,(H,7,9). The van der Waals surface area contributed by atoms with Gasteiger partial charge in [0.15, 0.2) is 0 Å². The fraction of sp³-hybridized carbons (Fsp3) is 0.667. The van der Waals surface area contributed by atoms with Gasteiger partial charge in [-0.2, -0.15) is 0 Å². The number of nitrogens with one attached hydrogen (secondary N) is 1. The predicted octanol–water partition coefficient (Wildman–Crippen LogP) is 0.730. The van der Waals surface area contributed by atoms with Crippen LogP contribution in [-0.4, -0.2) is 21.3 Å². The second-order valence-electron chi connectivity index (χ2n) is 1.97. The largest absolute Gasteiger partial charge is 0.355 e. The van der Waals surface area contributed by atoms with Crippen molar-refractivity contribution in [1.29, 1.82) is 0 Å². The van der Waals surface area contributed by atoms with Crippen molar-refractivity contribution in [2.75, 3.05) is 11.9 Å². The maximum absolute atomic E-state index is 3.88. The Morgan fingerprint density at radius 3 is 3.00 bits per heavy atom. The Kier molecular flexibility index (Phi) is 2.25. The lowest BCUT2D eigenvalue weighted by Crippen LogP contribution is -2.04. The molecule has 0 atom stereocenters. The summed E-state index contributed by atoms with van der Waals surface area (Å²) in [5, 5.41) is 10.7. The van der Waals surface area contributed by atoms with Crippen LogP contribution in [0.15, 0.2) is 6.33 Å². The fourth-order valence-electron chi connectivity index (χ4n) is 0.781. The number of rotatable bonds is 3. The van der Waals surface area contributed by atoms with Gasteiger partial charge in [0.1, 0.15) is 6.33 Å². The normalized spacial score (nSPS) is 9.80. The molecule has 1 aromatic rings. The Morgan fingerprint density at radius 2 is 2.40 bits per heavy atom. The average Bonchev–Trinajstić information content (AvgIpc) is 2.36. The second kappa shape index (κ2) is 3.20. The van der Waals surface area contributed by atoms with E-state index >= 15 is 0 Å². The smallest absolute Gasteiger partial charge is 0.224 e. The van der Waals surface area contributed by atoms with Gasteiger partial charge >= 0.3 is 0 Å². The Hall–Kier alpha value is -1.06. The van der Waals surface area contributed by atoms with Crippen molar-refractivity contribution in [3.8, 4) is 0 Å². The molecule has 0 amide bonds. The molecule has 1 aromatic heterocycles. The Morgan fingerprint density at radius 1 is 1.60 bits per heavy atom. The molecule has 4 heteroatoms. The SMILES string of the molecule is CCNc1nncn1CC. The minimum atomic E-state index is 0.852. The molecule has 0 saturated carbocycles. The van der Waals surface area contributed by atoms with E-state index in [1.807, 2.05) is 11.5 Å². The van der Waals surface area contributed by atoms with Gasteiger partial charge in [0.05, 0.1) is 0 Å². The quantitative estimate of drug-likeness (QED) is 0.673. The van der Waals surface area contributed by atoms with Gasteiger partial charge in [-0.15, -0.1) is 10.2 Å². The molecule has 1 heterocycles. The van der Waals surface area contributed by atoms with E-state index < -0.39 is 0 Å². The molecule has 56 valence electrons. The van der Waals surface area contributed by atoms with Crippen LogP contribution < -0.4 is 5.32 Å². The number of hydrogen-bond donors (Lipinski definition) is 1. The molecular weight excluding hydrogens is 128 g/mol. The number of aromatic nitrogens is 3. The van der Waals surface area contributed by atoms with E-state index in [4.69, 9.17) is 0 Å². The minimum Gasteiger partial charge on any atom is -0.355 e. The van der Waals surface area contributed by atoms with Crippen molar-refractivity contribution in [2.45, 2.75) is 20.4 Å². The summed E-state index contributed by atoms with van der Waals surface area (Å²) in [5.74, 6) is 0.852. The highest BCUT2D eigenvalue weighted by Crippen LogP contribution is 1.99. The monoisotopic (exact) mass is 140 g/mol. The van der Waals surface area contributed by atoms with Crippen molar-refractivity contribution in [1.82, 2.24) is 14.8 Å². The first-order valence-corrected chi connectivity index (χ1v) is 3.50. The number of anilines is 1. The molecule has 1 N–H and O–H groups in total. The molecule has 0 aliphatic carbocycles. The van der Waals surface area contributed by atoms with Crippen LogP contribution in [0.2, 0.25) is 0 Å². The van der Waals surface area contributed by atoms with Gasteiger partial charge in [-0.3, -0.25) is 0 Å². The van der Waals surface area contributed by atoms with Crippen LogP contribution in [0.4, 0.5) is 5.95 Å². The van der Waals surface area contributed by atoms with E-state index in [2.05, 4.69) is 22.4 Å². The zero-order chi connectivity index (χ0) is 7.40. The second-order valence-corrected chi connectivity index (χ2v) is 1.97. The summed E-state index contributed by atoms with van der Waals surface area (Å²) < 4.78 is 1.96. The van der Waals surface area contributed by atoms with Gasteiger partial charge in [0.25, 0.3) is 0 Å². The first kappa shape index (κ1) is 7.05. The highest BCUT2D eigenvalue weighted by atomic mass is 15.3. The third kappa shape index (κ3) is 1.26. The predicted molar refractivity (Wildman–Crippen MR) is 39.9 cm³/mol. The van der Waals surface area contributed by atoms with Crippen LogP contribution in [-0.2, 0) is 6.54 Å². The molecule has 0 spiro atoms. The van der Waals surface area contributed by atoms with Crippen molar-refractivity contribution >= 4 is 5.95 Å². The van der Waals surface area contributed by atoms with Crippen LogP contribution in [0, 0.1) is 0 Å². The molecule has 0 saturated heterocycles. The van der Waals surface area contributed by atoms with E-state index in [1.165, 1.54) is 0 Å². The molecule has 0 aliphatic heterocycles. The highest BCUT2D eigenvalue weighted by Gasteiger charge is 1.97. The summed E-state index contributed by atoms with van der Waals surface area (Å²) in [6.45, 7) is 5.90. The third-order valence-electron chi connectivity index (χ3n) is 1.29. The van der Waals surface area contributed by atoms with Crippen molar-refractivity contribution < 1.29 is 0 Å². The van der Waals surface area contributed by atoms with Crippen LogP contribution in [0.5, 0.6) is 0 Å². The lowest BCUT2D eigenvalue weighted by atomic mass is 10.7.